The number of nitrogens with zero attached hydrogens (tertiary/aromatic N) is 1. The summed E-state index contributed by atoms with van der Waals surface area (Å²) in [4.78, 5) is 29.4. The molecular weight excluding hydrogens is 453 g/mol. The van der Waals surface area contributed by atoms with Crippen LogP contribution in [0.4, 0.5) is 11.6 Å². The number of aromatic nitrogens is 1. The van der Waals surface area contributed by atoms with Crippen molar-refractivity contribution in [3.05, 3.63) is 75.8 Å². The van der Waals surface area contributed by atoms with Gasteiger partial charge in [0.25, 0.3) is 11.8 Å². The third-order valence-electron chi connectivity index (χ3n) is 4.22. The number of rotatable bonds is 8. The Kier molecular flexibility index (Phi) is 7.92. The number of anilines is 2. The minimum Gasteiger partial charge on any atom is -0.492 e. The lowest BCUT2D eigenvalue weighted by Crippen LogP contribution is -2.16. The Labute approximate surface area is 195 Å². The molecule has 0 aliphatic rings. The third kappa shape index (κ3) is 5.90. The summed E-state index contributed by atoms with van der Waals surface area (Å²) in [7, 11) is 0. The van der Waals surface area contributed by atoms with Crippen LogP contribution >= 0.6 is 23.2 Å². The minimum atomic E-state index is -0.399. The van der Waals surface area contributed by atoms with Crippen molar-refractivity contribution in [2.75, 3.05) is 23.8 Å². The average Bonchev–Trinajstić information content (AvgIpc) is 2.77. The van der Waals surface area contributed by atoms with Crippen LogP contribution in [0, 0.1) is 0 Å². The molecular formula is C23H21Cl2N3O4. The molecule has 0 saturated carbocycles. The van der Waals surface area contributed by atoms with Gasteiger partial charge in [-0.25, -0.2) is 4.98 Å². The van der Waals surface area contributed by atoms with Crippen LogP contribution in [0.1, 0.15) is 34.6 Å². The second kappa shape index (κ2) is 10.8. The lowest BCUT2D eigenvalue weighted by Gasteiger charge is -2.10. The van der Waals surface area contributed by atoms with Crippen molar-refractivity contribution in [3.8, 4) is 11.5 Å². The predicted octanol–water partition coefficient (Wildman–Crippen LogP) is 5.69. The van der Waals surface area contributed by atoms with Gasteiger partial charge in [-0.2, -0.15) is 0 Å². The summed E-state index contributed by atoms with van der Waals surface area (Å²) >= 11 is 12.3. The number of nitrogens with one attached hydrogen (secondary N) is 2. The summed E-state index contributed by atoms with van der Waals surface area (Å²) in [5.41, 5.74) is 0.692. The van der Waals surface area contributed by atoms with E-state index in [1.54, 1.807) is 42.5 Å². The maximum atomic E-state index is 12.5. The van der Waals surface area contributed by atoms with E-state index in [0.717, 1.165) is 0 Å². The first-order valence-electron chi connectivity index (χ1n) is 9.85. The molecule has 0 bridgehead atoms. The molecule has 0 atom stereocenters. The van der Waals surface area contributed by atoms with Crippen LogP contribution in [0.25, 0.3) is 0 Å². The lowest BCUT2D eigenvalue weighted by atomic mass is 10.2. The normalized spacial score (nSPS) is 10.4. The summed E-state index contributed by atoms with van der Waals surface area (Å²) in [5, 5.41) is 6.04. The molecule has 0 spiro atoms. The molecule has 2 aromatic carbocycles. The van der Waals surface area contributed by atoms with Crippen molar-refractivity contribution in [1.82, 2.24) is 4.98 Å². The van der Waals surface area contributed by atoms with Gasteiger partial charge in [-0.15, -0.1) is 0 Å². The second-order valence-corrected chi connectivity index (χ2v) is 7.29. The lowest BCUT2D eigenvalue weighted by molar-refractivity contribution is 0.101. The average molecular weight is 474 g/mol. The van der Waals surface area contributed by atoms with Crippen LogP contribution in [-0.2, 0) is 0 Å². The van der Waals surface area contributed by atoms with Gasteiger partial charge in [-0.1, -0.05) is 29.3 Å². The smallest absolute Gasteiger partial charge is 0.256 e. The molecule has 2 N–H and O–H groups in total. The Morgan fingerprint density at radius 1 is 0.781 bits per heavy atom. The summed E-state index contributed by atoms with van der Waals surface area (Å²) < 4.78 is 10.7. The molecule has 3 aromatic rings. The van der Waals surface area contributed by atoms with Crippen LogP contribution in [0.2, 0.25) is 10.0 Å². The maximum absolute atomic E-state index is 12.5. The zero-order valence-corrected chi connectivity index (χ0v) is 19.0. The highest BCUT2D eigenvalue weighted by atomic mass is 35.5. The van der Waals surface area contributed by atoms with Gasteiger partial charge in [-0.05, 0) is 62.4 Å². The number of benzene rings is 2. The summed E-state index contributed by atoms with van der Waals surface area (Å²) in [6.07, 6.45) is 0. The Hall–Kier alpha value is -3.29. The van der Waals surface area contributed by atoms with E-state index in [1.807, 2.05) is 13.8 Å². The van der Waals surface area contributed by atoms with E-state index in [-0.39, 0.29) is 11.6 Å². The third-order valence-corrected chi connectivity index (χ3v) is 4.81. The maximum Gasteiger partial charge on any atom is 0.256 e. The molecule has 0 radical (unpaired) electrons. The van der Waals surface area contributed by atoms with Crippen LogP contribution in [-0.4, -0.2) is 30.0 Å². The zero-order valence-electron chi connectivity index (χ0n) is 17.4. The van der Waals surface area contributed by atoms with Gasteiger partial charge in [0.05, 0.1) is 23.3 Å². The van der Waals surface area contributed by atoms with E-state index < -0.39 is 11.8 Å². The van der Waals surface area contributed by atoms with E-state index in [4.69, 9.17) is 32.7 Å². The van der Waals surface area contributed by atoms with Crippen LogP contribution in [0.15, 0.2) is 54.6 Å². The highest BCUT2D eigenvalue weighted by Crippen LogP contribution is 2.27. The number of carbonyl (C=O) groups excluding carboxylic acids is 2. The van der Waals surface area contributed by atoms with Gasteiger partial charge in [0.15, 0.2) is 0 Å². The topological polar surface area (TPSA) is 89.6 Å². The van der Waals surface area contributed by atoms with Crippen molar-refractivity contribution in [3.63, 3.8) is 0 Å². The van der Waals surface area contributed by atoms with Gasteiger partial charge in [0.2, 0.25) is 0 Å². The fourth-order valence-corrected chi connectivity index (χ4v) is 3.25. The van der Waals surface area contributed by atoms with Crippen molar-refractivity contribution in [1.29, 1.82) is 0 Å². The zero-order chi connectivity index (χ0) is 23.1. The molecule has 1 heterocycles. The molecule has 0 saturated heterocycles. The molecule has 1 aromatic heterocycles. The fraction of sp³-hybridized carbons (Fsp3) is 0.174. The van der Waals surface area contributed by atoms with E-state index in [9.17, 15) is 9.59 Å². The Balaban J connectivity index is 1.69. The first-order valence-corrected chi connectivity index (χ1v) is 10.6. The predicted molar refractivity (Wildman–Crippen MR) is 125 cm³/mol. The second-order valence-electron chi connectivity index (χ2n) is 6.47. The molecule has 166 valence electrons. The Morgan fingerprint density at radius 3 is 1.59 bits per heavy atom. The van der Waals surface area contributed by atoms with Gasteiger partial charge in [-0.3, -0.25) is 9.59 Å². The van der Waals surface area contributed by atoms with Crippen LogP contribution in [0.5, 0.6) is 11.5 Å². The van der Waals surface area contributed by atoms with Gasteiger partial charge in [0, 0.05) is 11.1 Å². The van der Waals surface area contributed by atoms with Crippen LogP contribution < -0.4 is 20.1 Å². The Bertz CT molecular complexity index is 1050. The standard InChI is InChI=1S/C23H21Cl2N3O4/c1-3-31-18-10-8-14(12-16(18)24)22(29)27-20-6-5-7-21(26-20)28-23(30)15-9-11-19(32-4-2)17(25)13-15/h5-13H,3-4H2,1-2H3,(H2,26,27,28,29,30). The number of hydrogen-bond donors (Lipinski definition) is 2. The first-order chi connectivity index (χ1) is 15.4. The molecule has 0 aliphatic carbocycles. The van der Waals surface area contributed by atoms with Crippen molar-refractivity contribution >= 4 is 46.7 Å². The number of hydrogen-bond acceptors (Lipinski definition) is 5. The largest absolute Gasteiger partial charge is 0.492 e. The number of carbonyl (C=O) groups is 2. The van der Waals surface area contributed by atoms with E-state index in [2.05, 4.69) is 15.6 Å². The molecule has 32 heavy (non-hydrogen) atoms. The number of ether oxygens (including phenoxy) is 2. The van der Waals surface area contributed by atoms with E-state index >= 15 is 0 Å². The quantitative estimate of drug-likeness (QED) is 0.438. The van der Waals surface area contributed by atoms with Crippen molar-refractivity contribution in [2.45, 2.75) is 13.8 Å². The highest BCUT2D eigenvalue weighted by molar-refractivity contribution is 6.33. The fourth-order valence-electron chi connectivity index (χ4n) is 2.78. The molecule has 7 nitrogen and oxygen atoms in total. The minimum absolute atomic E-state index is 0.266. The number of pyridine rings is 1. The van der Waals surface area contributed by atoms with Gasteiger partial charge in [0.1, 0.15) is 23.1 Å². The van der Waals surface area contributed by atoms with Gasteiger partial charge >= 0.3 is 0 Å². The monoisotopic (exact) mass is 473 g/mol. The molecule has 0 aliphatic heterocycles. The number of amides is 2. The first kappa shape index (κ1) is 23.4. The summed E-state index contributed by atoms with van der Waals surface area (Å²) in [6.45, 7) is 4.63. The van der Waals surface area contributed by atoms with Crippen molar-refractivity contribution < 1.29 is 19.1 Å². The van der Waals surface area contributed by atoms with E-state index in [0.29, 0.717) is 45.9 Å². The molecule has 2 amide bonds. The Morgan fingerprint density at radius 2 is 1.22 bits per heavy atom. The van der Waals surface area contributed by atoms with Gasteiger partial charge < -0.3 is 20.1 Å². The highest BCUT2D eigenvalue weighted by Gasteiger charge is 2.13. The van der Waals surface area contributed by atoms with E-state index in [1.165, 1.54) is 12.1 Å². The molecule has 0 unspecified atom stereocenters. The molecule has 9 heteroatoms. The number of halogens is 2. The summed E-state index contributed by atoms with van der Waals surface area (Å²) in [6, 6.07) is 14.4. The van der Waals surface area contributed by atoms with Crippen molar-refractivity contribution in [2.24, 2.45) is 0 Å². The van der Waals surface area contributed by atoms with Crippen LogP contribution in [0.3, 0.4) is 0 Å². The molecule has 0 fully saturated rings. The molecule has 3 rings (SSSR count). The SMILES string of the molecule is CCOc1ccc(C(=O)Nc2cccc(NC(=O)c3ccc(OCC)c(Cl)c3)n2)cc1Cl. The summed E-state index contributed by atoms with van der Waals surface area (Å²) in [5.74, 6) is 0.740.